The summed E-state index contributed by atoms with van der Waals surface area (Å²) in [5.41, 5.74) is 0.122. The molecule has 1 rings (SSSR count). The van der Waals surface area contributed by atoms with Crippen molar-refractivity contribution in [3.05, 3.63) is 23.8 Å². The molecule has 0 saturated carbocycles. The first-order valence-electron chi connectivity index (χ1n) is 5.23. The predicted octanol–water partition coefficient (Wildman–Crippen LogP) is 2.57. The Morgan fingerprint density at radius 2 is 2.19 bits per heavy atom. The van der Waals surface area contributed by atoms with Crippen molar-refractivity contribution in [3.63, 3.8) is 0 Å². The molecular weight excluding hydrogens is 208 g/mol. The number of carboxylic acids is 1. The van der Waals surface area contributed by atoms with Crippen molar-refractivity contribution in [1.29, 1.82) is 0 Å². The predicted molar refractivity (Wildman–Crippen MR) is 60.4 cm³/mol. The van der Waals surface area contributed by atoms with E-state index in [2.05, 4.69) is 6.92 Å². The first-order valence-corrected chi connectivity index (χ1v) is 5.23. The van der Waals surface area contributed by atoms with Crippen LogP contribution in [0.15, 0.2) is 18.2 Å². The average Bonchev–Trinajstić information content (AvgIpc) is 2.29. The second kappa shape index (κ2) is 6.00. The molecule has 0 amide bonds. The molecule has 1 aromatic carbocycles. The van der Waals surface area contributed by atoms with Gasteiger partial charge >= 0.3 is 5.97 Å². The summed E-state index contributed by atoms with van der Waals surface area (Å²) >= 11 is 0. The second-order valence-electron chi connectivity index (χ2n) is 3.37. The van der Waals surface area contributed by atoms with Gasteiger partial charge in [0.05, 0.1) is 13.7 Å². The Balaban J connectivity index is 2.81. The Bertz CT molecular complexity index is 360. The topological polar surface area (TPSA) is 55.8 Å². The molecule has 0 aliphatic carbocycles. The van der Waals surface area contributed by atoms with Gasteiger partial charge in [-0.2, -0.15) is 0 Å². The number of methoxy groups -OCH3 is 1. The Kier molecular flexibility index (Phi) is 4.64. The maximum Gasteiger partial charge on any atom is 0.339 e. The molecule has 0 fully saturated rings. The Labute approximate surface area is 94.8 Å². The number of benzene rings is 1. The summed E-state index contributed by atoms with van der Waals surface area (Å²) in [4.78, 5) is 10.9. The van der Waals surface area contributed by atoms with Crippen molar-refractivity contribution in [2.24, 2.45) is 0 Å². The molecule has 16 heavy (non-hydrogen) atoms. The van der Waals surface area contributed by atoms with Gasteiger partial charge in [0.25, 0.3) is 0 Å². The minimum Gasteiger partial charge on any atom is -0.496 e. The minimum atomic E-state index is -1.02. The van der Waals surface area contributed by atoms with Gasteiger partial charge < -0.3 is 14.6 Å². The van der Waals surface area contributed by atoms with Crippen molar-refractivity contribution in [2.75, 3.05) is 13.7 Å². The quantitative estimate of drug-likeness (QED) is 0.754. The molecule has 0 spiro atoms. The Morgan fingerprint density at radius 1 is 1.44 bits per heavy atom. The average molecular weight is 224 g/mol. The summed E-state index contributed by atoms with van der Waals surface area (Å²) in [5, 5.41) is 8.96. The van der Waals surface area contributed by atoms with Crippen molar-refractivity contribution >= 4 is 5.97 Å². The molecule has 1 aromatic rings. The van der Waals surface area contributed by atoms with E-state index in [1.54, 1.807) is 12.1 Å². The molecule has 0 heterocycles. The highest BCUT2D eigenvalue weighted by Crippen LogP contribution is 2.24. The zero-order valence-electron chi connectivity index (χ0n) is 9.53. The number of carbonyl (C=O) groups is 1. The van der Waals surface area contributed by atoms with Gasteiger partial charge in [-0.3, -0.25) is 0 Å². The molecule has 0 bridgehead atoms. The zero-order valence-corrected chi connectivity index (χ0v) is 9.53. The maximum absolute atomic E-state index is 10.9. The van der Waals surface area contributed by atoms with Crippen LogP contribution >= 0.6 is 0 Å². The van der Waals surface area contributed by atoms with Gasteiger partial charge in [-0.1, -0.05) is 13.3 Å². The zero-order chi connectivity index (χ0) is 12.0. The number of ether oxygens (including phenoxy) is 2. The SMILES string of the molecule is CCCCOc1ccc(OC)c(C(=O)O)c1. The summed E-state index contributed by atoms with van der Waals surface area (Å²) in [6.07, 6.45) is 2.00. The molecule has 0 aliphatic heterocycles. The fourth-order valence-electron chi connectivity index (χ4n) is 1.28. The van der Waals surface area contributed by atoms with Crippen molar-refractivity contribution in [2.45, 2.75) is 19.8 Å². The summed E-state index contributed by atoms with van der Waals surface area (Å²) < 4.78 is 10.4. The molecule has 1 N–H and O–H groups in total. The lowest BCUT2D eigenvalue weighted by atomic mass is 10.2. The molecule has 0 atom stereocenters. The number of unbranched alkanes of at least 4 members (excludes halogenated alkanes) is 1. The smallest absolute Gasteiger partial charge is 0.339 e. The maximum atomic E-state index is 10.9. The van der Waals surface area contributed by atoms with E-state index >= 15 is 0 Å². The molecule has 88 valence electrons. The van der Waals surface area contributed by atoms with Gasteiger partial charge in [0.1, 0.15) is 17.1 Å². The summed E-state index contributed by atoms with van der Waals surface area (Å²) in [7, 11) is 1.44. The van der Waals surface area contributed by atoms with Crippen LogP contribution in [0.2, 0.25) is 0 Å². The highest BCUT2D eigenvalue weighted by atomic mass is 16.5. The first-order chi connectivity index (χ1) is 7.69. The van der Waals surface area contributed by atoms with E-state index in [1.807, 2.05) is 0 Å². The third kappa shape index (κ3) is 3.15. The standard InChI is InChI=1S/C12H16O4/c1-3-4-7-16-9-5-6-11(15-2)10(8-9)12(13)14/h5-6,8H,3-4,7H2,1-2H3,(H,13,14). The van der Waals surface area contributed by atoms with Crippen LogP contribution in [0.1, 0.15) is 30.1 Å². The Morgan fingerprint density at radius 3 is 2.75 bits per heavy atom. The number of hydrogen-bond donors (Lipinski definition) is 1. The van der Waals surface area contributed by atoms with E-state index in [0.29, 0.717) is 18.1 Å². The number of carboxylic acid groups (broad SMARTS) is 1. The summed E-state index contributed by atoms with van der Waals surface area (Å²) in [6, 6.07) is 4.79. The normalized spacial score (nSPS) is 9.88. The van der Waals surface area contributed by atoms with E-state index in [0.717, 1.165) is 12.8 Å². The third-order valence-electron chi connectivity index (χ3n) is 2.17. The van der Waals surface area contributed by atoms with Crippen molar-refractivity contribution < 1.29 is 19.4 Å². The molecule has 0 aromatic heterocycles. The van der Waals surface area contributed by atoms with E-state index in [-0.39, 0.29) is 5.56 Å². The lowest BCUT2D eigenvalue weighted by Gasteiger charge is -2.09. The number of hydrogen-bond acceptors (Lipinski definition) is 3. The Hall–Kier alpha value is -1.71. The van der Waals surface area contributed by atoms with Crippen molar-refractivity contribution in [3.8, 4) is 11.5 Å². The largest absolute Gasteiger partial charge is 0.496 e. The third-order valence-corrected chi connectivity index (χ3v) is 2.17. The van der Waals surface area contributed by atoms with Gasteiger partial charge in [-0.15, -0.1) is 0 Å². The molecule has 0 aliphatic rings. The lowest BCUT2D eigenvalue weighted by molar-refractivity contribution is 0.0692. The lowest BCUT2D eigenvalue weighted by Crippen LogP contribution is -2.02. The van der Waals surface area contributed by atoms with Gasteiger partial charge in [0.2, 0.25) is 0 Å². The van der Waals surface area contributed by atoms with Gasteiger partial charge in [-0.25, -0.2) is 4.79 Å². The molecule has 0 radical (unpaired) electrons. The van der Waals surface area contributed by atoms with Crippen LogP contribution in [0, 0.1) is 0 Å². The number of aromatic carboxylic acids is 1. The highest BCUT2D eigenvalue weighted by molar-refractivity contribution is 5.91. The molecule has 0 saturated heterocycles. The molecule has 4 nitrogen and oxygen atoms in total. The van der Waals surface area contributed by atoms with Crippen LogP contribution in [0.25, 0.3) is 0 Å². The van der Waals surface area contributed by atoms with Crippen LogP contribution in [0.3, 0.4) is 0 Å². The van der Waals surface area contributed by atoms with Gasteiger partial charge in [0.15, 0.2) is 0 Å². The summed E-state index contributed by atoms with van der Waals surface area (Å²) in [5.74, 6) is -0.111. The van der Waals surface area contributed by atoms with E-state index in [4.69, 9.17) is 14.6 Å². The fraction of sp³-hybridized carbons (Fsp3) is 0.417. The molecule has 4 heteroatoms. The van der Waals surface area contributed by atoms with Crippen molar-refractivity contribution in [1.82, 2.24) is 0 Å². The molecular formula is C12H16O4. The number of rotatable bonds is 6. The van der Waals surface area contributed by atoms with Crippen LogP contribution < -0.4 is 9.47 Å². The minimum absolute atomic E-state index is 0.122. The first kappa shape index (κ1) is 12.4. The monoisotopic (exact) mass is 224 g/mol. The second-order valence-corrected chi connectivity index (χ2v) is 3.37. The highest BCUT2D eigenvalue weighted by Gasteiger charge is 2.11. The fourth-order valence-corrected chi connectivity index (χ4v) is 1.28. The molecule has 0 unspecified atom stereocenters. The van der Waals surface area contributed by atoms with Crippen LogP contribution in [0.4, 0.5) is 0 Å². The van der Waals surface area contributed by atoms with Gasteiger partial charge in [-0.05, 0) is 24.6 Å². The van der Waals surface area contributed by atoms with E-state index < -0.39 is 5.97 Å². The van der Waals surface area contributed by atoms with Crippen LogP contribution in [0.5, 0.6) is 11.5 Å². The van der Waals surface area contributed by atoms with E-state index in [9.17, 15) is 4.79 Å². The van der Waals surface area contributed by atoms with Crippen LogP contribution in [-0.4, -0.2) is 24.8 Å². The summed E-state index contributed by atoms with van der Waals surface area (Å²) in [6.45, 7) is 2.67. The van der Waals surface area contributed by atoms with Gasteiger partial charge in [0, 0.05) is 0 Å². The van der Waals surface area contributed by atoms with Crippen LogP contribution in [-0.2, 0) is 0 Å². The van der Waals surface area contributed by atoms with E-state index in [1.165, 1.54) is 13.2 Å².